The van der Waals surface area contributed by atoms with Gasteiger partial charge in [-0.1, -0.05) is 42.5 Å². The summed E-state index contributed by atoms with van der Waals surface area (Å²) in [5.74, 6) is -0.0982. The molecule has 1 N–H and O–H groups in total. The lowest BCUT2D eigenvalue weighted by molar-refractivity contribution is 0.117. The lowest BCUT2D eigenvalue weighted by Gasteiger charge is -2.21. The Balaban J connectivity index is 1.75. The molecule has 0 aliphatic heterocycles. The highest BCUT2D eigenvalue weighted by Gasteiger charge is 2.10. The third kappa shape index (κ3) is 4.85. The maximum absolute atomic E-state index is 13.4. The van der Waals surface area contributed by atoms with Crippen molar-refractivity contribution in [3.05, 3.63) is 66.0 Å². The molecule has 0 aromatic heterocycles. The molecule has 4 heteroatoms. The number of halogens is 1. The van der Waals surface area contributed by atoms with Crippen molar-refractivity contribution in [1.82, 2.24) is 4.90 Å². The molecule has 3 nitrogen and oxygen atoms in total. The first-order valence-corrected chi connectivity index (χ1v) is 6.95. The summed E-state index contributed by atoms with van der Waals surface area (Å²) in [5, 5.41) is 10.1. The van der Waals surface area contributed by atoms with Crippen molar-refractivity contribution in [2.24, 2.45) is 0 Å². The van der Waals surface area contributed by atoms with Gasteiger partial charge in [-0.25, -0.2) is 4.39 Å². The predicted molar refractivity (Wildman–Crippen MR) is 80.8 cm³/mol. The van der Waals surface area contributed by atoms with Crippen LogP contribution in [0.25, 0.3) is 0 Å². The molecule has 2 rings (SSSR count). The first-order valence-electron chi connectivity index (χ1n) is 6.95. The molecule has 0 spiro atoms. The molecule has 0 bridgehead atoms. The number of aliphatic hydroxyl groups is 1. The summed E-state index contributed by atoms with van der Waals surface area (Å²) < 4.78 is 18.8. The van der Waals surface area contributed by atoms with E-state index in [9.17, 15) is 9.50 Å². The molecule has 0 heterocycles. The Morgan fingerprint density at radius 3 is 2.48 bits per heavy atom. The average molecular weight is 289 g/mol. The molecule has 0 amide bonds. The third-order valence-electron chi connectivity index (χ3n) is 3.24. The fourth-order valence-electron chi connectivity index (χ4n) is 2.04. The lowest BCUT2D eigenvalue weighted by Crippen LogP contribution is -2.29. The molecular formula is C17H20FNO2. The predicted octanol–water partition coefficient (Wildman–Crippen LogP) is 2.87. The van der Waals surface area contributed by atoms with Gasteiger partial charge in [0.1, 0.15) is 6.61 Å². The van der Waals surface area contributed by atoms with E-state index in [1.54, 1.807) is 18.2 Å². The van der Waals surface area contributed by atoms with Crippen LogP contribution in [0.1, 0.15) is 11.7 Å². The molecule has 0 aliphatic carbocycles. The first kappa shape index (κ1) is 15.5. The van der Waals surface area contributed by atoms with Crippen LogP contribution in [0.4, 0.5) is 4.39 Å². The number of nitrogens with zero attached hydrogens (tertiary/aromatic N) is 1. The highest BCUT2D eigenvalue weighted by molar-refractivity contribution is 5.23. The van der Waals surface area contributed by atoms with E-state index in [1.807, 2.05) is 42.3 Å². The standard InChI is InChI=1S/C17H20FNO2/c1-19(13-16(20)14-7-3-2-4-8-14)11-12-21-17-10-6-5-9-15(17)18/h2-10,16,20H,11-13H2,1H3. The summed E-state index contributed by atoms with van der Waals surface area (Å²) in [7, 11) is 1.90. The van der Waals surface area contributed by atoms with E-state index in [-0.39, 0.29) is 11.6 Å². The zero-order valence-corrected chi connectivity index (χ0v) is 12.1. The number of aliphatic hydroxyl groups excluding tert-OH is 1. The highest BCUT2D eigenvalue weighted by atomic mass is 19.1. The number of benzene rings is 2. The van der Waals surface area contributed by atoms with E-state index in [2.05, 4.69) is 0 Å². The molecule has 0 fully saturated rings. The Bertz CT molecular complexity index is 547. The van der Waals surface area contributed by atoms with E-state index < -0.39 is 6.10 Å². The van der Waals surface area contributed by atoms with E-state index in [4.69, 9.17) is 4.74 Å². The first-order chi connectivity index (χ1) is 10.2. The van der Waals surface area contributed by atoms with Gasteiger partial charge < -0.3 is 14.7 Å². The van der Waals surface area contributed by atoms with Gasteiger partial charge in [-0.2, -0.15) is 0 Å². The molecule has 1 unspecified atom stereocenters. The van der Waals surface area contributed by atoms with E-state index >= 15 is 0 Å². The molecule has 112 valence electrons. The summed E-state index contributed by atoms with van der Waals surface area (Å²) >= 11 is 0. The van der Waals surface area contributed by atoms with Gasteiger partial charge in [0.15, 0.2) is 11.6 Å². The van der Waals surface area contributed by atoms with E-state index in [0.29, 0.717) is 19.7 Å². The van der Waals surface area contributed by atoms with Gasteiger partial charge in [0.2, 0.25) is 0 Å². The summed E-state index contributed by atoms with van der Waals surface area (Å²) in [5.41, 5.74) is 0.888. The second-order valence-electron chi connectivity index (χ2n) is 4.97. The fraction of sp³-hybridized carbons (Fsp3) is 0.294. The third-order valence-corrected chi connectivity index (χ3v) is 3.24. The SMILES string of the molecule is CN(CCOc1ccccc1F)CC(O)c1ccccc1. The topological polar surface area (TPSA) is 32.7 Å². The summed E-state index contributed by atoms with van der Waals surface area (Å²) in [6.07, 6.45) is -0.537. The van der Waals surface area contributed by atoms with E-state index in [1.165, 1.54) is 6.07 Å². The summed E-state index contributed by atoms with van der Waals surface area (Å²) in [6, 6.07) is 15.9. The van der Waals surface area contributed by atoms with Crippen LogP contribution in [0.3, 0.4) is 0 Å². The maximum atomic E-state index is 13.4. The Morgan fingerprint density at radius 2 is 1.76 bits per heavy atom. The van der Waals surface area contributed by atoms with Crippen molar-refractivity contribution in [1.29, 1.82) is 0 Å². The molecule has 21 heavy (non-hydrogen) atoms. The quantitative estimate of drug-likeness (QED) is 0.850. The van der Waals surface area contributed by atoms with Crippen molar-refractivity contribution in [3.8, 4) is 5.75 Å². The van der Waals surface area contributed by atoms with Gasteiger partial charge in [0, 0.05) is 13.1 Å². The van der Waals surface area contributed by atoms with Crippen LogP contribution in [-0.4, -0.2) is 36.8 Å². The summed E-state index contributed by atoms with van der Waals surface area (Å²) in [6.45, 7) is 1.49. The zero-order chi connectivity index (χ0) is 15.1. The number of hydrogen-bond acceptors (Lipinski definition) is 3. The molecule has 2 aromatic rings. The Kier molecular flexibility index (Phi) is 5.72. The van der Waals surface area contributed by atoms with Crippen molar-refractivity contribution < 1.29 is 14.2 Å². The number of para-hydroxylation sites is 1. The monoisotopic (exact) mass is 289 g/mol. The normalized spacial score (nSPS) is 12.4. The maximum Gasteiger partial charge on any atom is 0.165 e. The van der Waals surface area contributed by atoms with Gasteiger partial charge >= 0.3 is 0 Å². The summed E-state index contributed by atoms with van der Waals surface area (Å²) in [4.78, 5) is 1.96. The van der Waals surface area contributed by atoms with Gasteiger partial charge in [-0.3, -0.25) is 0 Å². The largest absolute Gasteiger partial charge is 0.489 e. The van der Waals surface area contributed by atoms with Crippen LogP contribution in [0.2, 0.25) is 0 Å². The molecular weight excluding hydrogens is 269 g/mol. The highest BCUT2D eigenvalue weighted by Crippen LogP contribution is 2.16. The molecule has 2 aromatic carbocycles. The van der Waals surface area contributed by atoms with Crippen molar-refractivity contribution in [2.75, 3.05) is 26.7 Å². The Morgan fingerprint density at radius 1 is 1.10 bits per heavy atom. The molecule has 0 radical (unpaired) electrons. The Hall–Kier alpha value is -1.91. The number of likely N-dealkylation sites (N-methyl/N-ethyl adjacent to an activating group) is 1. The van der Waals surface area contributed by atoms with Crippen LogP contribution >= 0.6 is 0 Å². The van der Waals surface area contributed by atoms with Crippen LogP contribution < -0.4 is 4.74 Å². The lowest BCUT2D eigenvalue weighted by atomic mass is 10.1. The van der Waals surface area contributed by atoms with Gasteiger partial charge in [0.25, 0.3) is 0 Å². The van der Waals surface area contributed by atoms with Gasteiger partial charge in [-0.05, 0) is 24.7 Å². The second-order valence-corrected chi connectivity index (χ2v) is 4.97. The minimum atomic E-state index is -0.537. The molecule has 0 aliphatic rings. The Labute approximate surface area is 124 Å². The fourth-order valence-corrected chi connectivity index (χ4v) is 2.04. The number of ether oxygens (including phenoxy) is 1. The van der Waals surface area contributed by atoms with Gasteiger partial charge in [-0.15, -0.1) is 0 Å². The van der Waals surface area contributed by atoms with Crippen LogP contribution in [-0.2, 0) is 0 Å². The van der Waals surface area contributed by atoms with Crippen LogP contribution in [0.15, 0.2) is 54.6 Å². The average Bonchev–Trinajstić information content (AvgIpc) is 2.50. The molecule has 0 saturated carbocycles. The molecule has 0 saturated heterocycles. The van der Waals surface area contributed by atoms with Crippen LogP contribution in [0, 0.1) is 5.82 Å². The van der Waals surface area contributed by atoms with E-state index in [0.717, 1.165) is 5.56 Å². The number of rotatable bonds is 7. The smallest absolute Gasteiger partial charge is 0.165 e. The zero-order valence-electron chi connectivity index (χ0n) is 12.1. The molecule has 1 atom stereocenters. The van der Waals surface area contributed by atoms with Crippen molar-refractivity contribution in [3.63, 3.8) is 0 Å². The van der Waals surface area contributed by atoms with Gasteiger partial charge in [0.05, 0.1) is 6.10 Å². The minimum Gasteiger partial charge on any atom is -0.489 e. The van der Waals surface area contributed by atoms with Crippen molar-refractivity contribution >= 4 is 0 Å². The number of hydrogen-bond donors (Lipinski definition) is 1. The van der Waals surface area contributed by atoms with Crippen LogP contribution in [0.5, 0.6) is 5.75 Å². The van der Waals surface area contributed by atoms with Crippen molar-refractivity contribution in [2.45, 2.75) is 6.10 Å². The second kappa shape index (κ2) is 7.76. The minimum absolute atomic E-state index is 0.259.